The quantitative estimate of drug-likeness (QED) is 0.670. The zero-order chi connectivity index (χ0) is 19.7. The molecule has 1 aromatic heterocycles. The molecule has 2 aromatic rings. The molecule has 1 unspecified atom stereocenters. The number of aliphatic hydroxyl groups is 1. The lowest BCUT2D eigenvalue weighted by Gasteiger charge is -2.38. The highest BCUT2D eigenvalue weighted by Crippen LogP contribution is 2.45. The maximum Gasteiger partial charge on any atom is 0.235 e. The minimum Gasteiger partial charge on any atom is -0.489 e. The molecule has 2 aliphatic heterocycles. The van der Waals surface area contributed by atoms with Crippen molar-refractivity contribution in [2.24, 2.45) is 0 Å². The van der Waals surface area contributed by atoms with E-state index in [1.165, 1.54) is 0 Å². The average molecular weight is 383 g/mol. The highest BCUT2D eigenvalue weighted by Gasteiger charge is 2.48. The molecule has 0 aliphatic carbocycles. The largest absolute Gasteiger partial charge is 0.489 e. The van der Waals surface area contributed by atoms with E-state index in [9.17, 15) is 9.90 Å². The second kappa shape index (κ2) is 7.37. The van der Waals surface area contributed by atoms with E-state index < -0.39 is 11.5 Å². The van der Waals surface area contributed by atoms with Crippen molar-refractivity contribution >= 4 is 17.3 Å². The summed E-state index contributed by atoms with van der Waals surface area (Å²) in [6.07, 6.45) is 3.99. The van der Waals surface area contributed by atoms with Crippen LogP contribution < -0.4 is 15.8 Å². The summed E-state index contributed by atoms with van der Waals surface area (Å²) < 4.78 is 5.71. The van der Waals surface area contributed by atoms with E-state index in [0.29, 0.717) is 23.9 Å². The van der Waals surface area contributed by atoms with Gasteiger partial charge in [-0.3, -0.25) is 9.69 Å². The summed E-state index contributed by atoms with van der Waals surface area (Å²) in [5, 5.41) is 12.4. The summed E-state index contributed by atoms with van der Waals surface area (Å²) in [5.74, 6) is 1.04. The Balaban J connectivity index is 1.31. The highest BCUT2D eigenvalue weighted by molar-refractivity contribution is 6.06. The van der Waals surface area contributed by atoms with Gasteiger partial charge in [-0.2, -0.15) is 0 Å². The van der Waals surface area contributed by atoms with Gasteiger partial charge < -0.3 is 20.9 Å². The van der Waals surface area contributed by atoms with Crippen LogP contribution in [0.4, 0.5) is 11.4 Å². The Labute approximate surface area is 163 Å². The van der Waals surface area contributed by atoms with Crippen molar-refractivity contribution in [2.75, 3.05) is 37.3 Å². The number of nitrogens with two attached hydrogens (primary N) is 1. The minimum atomic E-state index is -0.692. The number of aromatic nitrogens is 2. The second-order valence-electron chi connectivity index (χ2n) is 7.48. The molecule has 1 aromatic carbocycles. The number of carbonyl (C=O) groups is 1. The van der Waals surface area contributed by atoms with Crippen LogP contribution in [0.25, 0.3) is 0 Å². The standard InChI is InChI=1S/C20H25N5O3/c1-13(26)18-22-11-15(12-23-18)28-9-8-25-6-4-20(5-7-25)16-10-14(21)2-3-17(16)24-19(20)27/h2-3,10-13,26H,4-9,21H2,1H3,(H,24,27). The topological polar surface area (TPSA) is 114 Å². The third-order valence-electron chi connectivity index (χ3n) is 5.65. The fourth-order valence-corrected chi connectivity index (χ4v) is 3.99. The van der Waals surface area contributed by atoms with Crippen LogP contribution in [-0.4, -0.2) is 52.1 Å². The van der Waals surface area contributed by atoms with E-state index in [1.54, 1.807) is 19.3 Å². The van der Waals surface area contributed by atoms with E-state index in [4.69, 9.17) is 10.5 Å². The zero-order valence-corrected chi connectivity index (χ0v) is 15.9. The summed E-state index contributed by atoms with van der Waals surface area (Å²) in [6, 6.07) is 5.65. The van der Waals surface area contributed by atoms with E-state index >= 15 is 0 Å². The van der Waals surface area contributed by atoms with Gasteiger partial charge in [-0.15, -0.1) is 0 Å². The molecule has 0 saturated carbocycles. The molecular formula is C20H25N5O3. The molecular weight excluding hydrogens is 358 g/mol. The Hall–Kier alpha value is -2.71. The molecule has 3 heterocycles. The normalized spacial score (nSPS) is 19.3. The zero-order valence-electron chi connectivity index (χ0n) is 15.9. The summed E-state index contributed by atoms with van der Waals surface area (Å²) >= 11 is 0. The van der Waals surface area contributed by atoms with E-state index in [2.05, 4.69) is 20.2 Å². The van der Waals surface area contributed by atoms with Crippen LogP contribution in [0.5, 0.6) is 5.75 Å². The number of rotatable bonds is 5. The summed E-state index contributed by atoms with van der Waals surface area (Å²) in [5.41, 5.74) is 8.09. The molecule has 8 nitrogen and oxygen atoms in total. The Bertz CT molecular complexity index is 861. The van der Waals surface area contributed by atoms with Crippen molar-refractivity contribution in [3.63, 3.8) is 0 Å². The maximum atomic E-state index is 12.7. The van der Waals surface area contributed by atoms with Crippen LogP contribution in [0.15, 0.2) is 30.6 Å². The number of anilines is 2. The number of amides is 1. The van der Waals surface area contributed by atoms with Crippen molar-refractivity contribution in [1.82, 2.24) is 14.9 Å². The second-order valence-corrected chi connectivity index (χ2v) is 7.48. The molecule has 1 spiro atoms. The van der Waals surface area contributed by atoms with E-state index in [1.807, 2.05) is 18.2 Å². The van der Waals surface area contributed by atoms with Crippen molar-refractivity contribution in [3.05, 3.63) is 42.0 Å². The maximum absolute atomic E-state index is 12.7. The van der Waals surface area contributed by atoms with Crippen LogP contribution in [0.1, 0.15) is 37.3 Å². The lowest BCUT2D eigenvalue weighted by Crippen LogP contribution is -2.47. The summed E-state index contributed by atoms with van der Waals surface area (Å²) in [6.45, 7) is 4.54. The summed E-state index contributed by atoms with van der Waals surface area (Å²) in [7, 11) is 0. The Kier molecular flexibility index (Phi) is 4.91. The third-order valence-corrected chi connectivity index (χ3v) is 5.65. The van der Waals surface area contributed by atoms with Gasteiger partial charge in [0.25, 0.3) is 0 Å². The van der Waals surface area contributed by atoms with Crippen molar-refractivity contribution < 1.29 is 14.6 Å². The number of hydrogen-bond donors (Lipinski definition) is 3. The third kappa shape index (κ3) is 3.41. The molecule has 1 amide bonds. The van der Waals surface area contributed by atoms with Crippen LogP contribution in [0.2, 0.25) is 0 Å². The van der Waals surface area contributed by atoms with Crippen molar-refractivity contribution in [1.29, 1.82) is 0 Å². The molecule has 2 aliphatic rings. The number of aliphatic hydroxyl groups excluding tert-OH is 1. The monoisotopic (exact) mass is 383 g/mol. The number of carbonyl (C=O) groups excluding carboxylic acids is 1. The number of nitrogen functional groups attached to an aromatic ring is 1. The number of ether oxygens (including phenoxy) is 1. The first-order valence-corrected chi connectivity index (χ1v) is 9.54. The van der Waals surface area contributed by atoms with E-state index in [-0.39, 0.29) is 5.91 Å². The number of nitrogens with one attached hydrogen (secondary N) is 1. The fourth-order valence-electron chi connectivity index (χ4n) is 3.99. The van der Waals surface area contributed by atoms with Gasteiger partial charge in [0, 0.05) is 17.9 Å². The lowest BCUT2D eigenvalue weighted by atomic mass is 9.73. The number of fused-ring (bicyclic) bond motifs is 2. The van der Waals surface area contributed by atoms with Crippen LogP contribution in [0, 0.1) is 0 Å². The van der Waals surface area contributed by atoms with E-state index in [0.717, 1.165) is 43.7 Å². The number of likely N-dealkylation sites (tertiary alicyclic amines) is 1. The Morgan fingerprint density at radius 2 is 2.04 bits per heavy atom. The first-order chi connectivity index (χ1) is 13.5. The first-order valence-electron chi connectivity index (χ1n) is 9.54. The SMILES string of the molecule is CC(O)c1ncc(OCCN2CCC3(CC2)C(=O)Nc2ccc(N)cc23)cn1. The molecule has 28 heavy (non-hydrogen) atoms. The summed E-state index contributed by atoms with van der Waals surface area (Å²) in [4.78, 5) is 23.1. The molecule has 148 valence electrons. The van der Waals surface area contributed by atoms with Crippen LogP contribution in [0.3, 0.4) is 0 Å². The molecule has 8 heteroatoms. The van der Waals surface area contributed by atoms with Crippen molar-refractivity contribution in [2.45, 2.75) is 31.3 Å². The highest BCUT2D eigenvalue weighted by atomic mass is 16.5. The average Bonchev–Trinajstić information content (AvgIpc) is 2.95. The molecule has 0 bridgehead atoms. The number of piperidine rings is 1. The minimum absolute atomic E-state index is 0.0827. The van der Waals surface area contributed by atoms with Gasteiger partial charge in [-0.1, -0.05) is 0 Å². The van der Waals surface area contributed by atoms with Crippen LogP contribution in [-0.2, 0) is 10.2 Å². The first kappa shape index (κ1) is 18.6. The van der Waals surface area contributed by atoms with Gasteiger partial charge in [0.15, 0.2) is 11.6 Å². The Morgan fingerprint density at radius 1 is 1.32 bits per heavy atom. The van der Waals surface area contributed by atoms with Crippen molar-refractivity contribution in [3.8, 4) is 5.75 Å². The molecule has 1 fully saturated rings. The van der Waals surface area contributed by atoms with Gasteiger partial charge in [-0.05, 0) is 56.6 Å². The van der Waals surface area contributed by atoms with Gasteiger partial charge in [-0.25, -0.2) is 9.97 Å². The van der Waals surface area contributed by atoms with Gasteiger partial charge in [0.2, 0.25) is 5.91 Å². The molecule has 4 rings (SSSR count). The van der Waals surface area contributed by atoms with Gasteiger partial charge in [0.05, 0.1) is 17.8 Å². The van der Waals surface area contributed by atoms with Gasteiger partial charge >= 0.3 is 0 Å². The molecule has 1 atom stereocenters. The molecule has 0 radical (unpaired) electrons. The predicted molar refractivity (Wildman–Crippen MR) is 105 cm³/mol. The lowest BCUT2D eigenvalue weighted by molar-refractivity contribution is -0.122. The van der Waals surface area contributed by atoms with Crippen LogP contribution >= 0.6 is 0 Å². The Morgan fingerprint density at radius 3 is 2.71 bits per heavy atom. The molecule has 4 N–H and O–H groups in total. The number of hydrogen-bond acceptors (Lipinski definition) is 7. The number of benzene rings is 1. The predicted octanol–water partition coefficient (Wildman–Crippen LogP) is 1.48. The number of nitrogens with zero attached hydrogens (tertiary/aromatic N) is 3. The molecule has 1 saturated heterocycles. The smallest absolute Gasteiger partial charge is 0.235 e. The fraction of sp³-hybridized carbons (Fsp3) is 0.450. The van der Waals surface area contributed by atoms with Gasteiger partial charge in [0.1, 0.15) is 12.7 Å².